The van der Waals surface area contributed by atoms with E-state index in [0.717, 1.165) is 13.1 Å². The third kappa shape index (κ3) is 4.76. The van der Waals surface area contributed by atoms with Crippen molar-refractivity contribution in [3.05, 3.63) is 0 Å². The number of amides is 1. The molecule has 1 saturated heterocycles. The van der Waals surface area contributed by atoms with Gasteiger partial charge in [0.15, 0.2) is 0 Å². The van der Waals surface area contributed by atoms with Gasteiger partial charge in [0.25, 0.3) is 0 Å². The molecule has 6 nitrogen and oxygen atoms in total. The summed E-state index contributed by atoms with van der Waals surface area (Å²) in [5.41, 5.74) is -1.19. The quantitative estimate of drug-likeness (QED) is 0.752. The minimum atomic E-state index is -1.03. The summed E-state index contributed by atoms with van der Waals surface area (Å²) in [5, 5.41) is 11.9. The fourth-order valence-corrected chi connectivity index (χ4v) is 2.13. The first kappa shape index (κ1) is 16.9. The number of carbonyl (C=O) groups is 2. The predicted molar refractivity (Wildman–Crippen MR) is 75.5 cm³/mol. The summed E-state index contributed by atoms with van der Waals surface area (Å²) in [7, 11) is 0. The molecular weight excluding hydrogens is 260 g/mol. The monoisotopic (exact) mass is 286 g/mol. The van der Waals surface area contributed by atoms with Gasteiger partial charge in [-0.3, -0.25) is 14.5 Å². The maximum atomic E-state index is 11.9. The molecule has 0 saturated carbocycles. The number of hydrogen-bond acceptors (Lipinski definition) is 4. The number of carboxylic acids is 1. The Kier molecular flexibility index (Phi) is 5.53. The second-order valence-electron chi connectivity index (χ2n) is 6.55. The summed E-state index contributed by atoms with van der Waals surface area (Å²) in [4.78, 5) is 25.2. The van der Waals surface area contributed by atoms with Crippen LogP contribution in [0.1, 0.15) is 34.1 Å². The lowest BCUT2D eigenvalue weighted by atomic mass is 9.89. The van der Waals surface area contributed by atoms with Crippen molar-refractivity contribution in [3.8, 4) is 0 Å². The number of hydrogen-bond donors (Lipinski definition) is 2. The molecule has 1 amide bonds. The van der Waals surface area contributed by atoms with E-state index in [1.165, 1.54) is 0 Å². The Bertz CT molecular complexity index is 360. The number of carboxylic acid groups (broad SMARTS) is 1. The van der Waals surface area contributed by atoms with Crippen molar-refractivity contribution in [2.45, 2.75) is 39.7 Å². The molecule has 1 aliphatic rings. The van der Waals surface area contributed by atoms with Gasteiger partial charge >= 0.3 is 5.97 Å². The molecule has 6 heteroatoms. The molecule has 0 spiro atoms. The van der Waals surface area contributed by atoms with Crippen molar-refractivity contribution in [1.82, 2.24) is 10.2 Å². The van der Waals surface area contributed by atoms with Gasteiger partial charge in [-0.1, -0.05) is 0 Å². The van der Waals surface area contributed by atoms with Crippen LogP contribution in [-0.2, 0) is 14.3 Å². The highest BCUT2D eigenvalue weighted by molar-refractivity contribution is 5.84. The number of rotatable bonds is 6. The van der Waals surface area contributed by atoms with Crippen LogP contribution in [0.5, 0.6) is 0 Å². The van der Waals surface area contributed by atoms with Crippen LogP contribution in [-0.4, -0.2) is 60.3 Å². The fraction of sp³-hybridized carbons (Fsp3) is 0.857. The van der Waals surface area contributed by atoms with Gasteiger partial charge in [0.2, 0.25) is 5.91 Å². The highest BCUT2D eigenvalue weighted by Crippen LogP contribution is 2.20. The Morgan fingerprint density at radius 1 is 1.20 bits per heavy atom. The molecule has 20 heavy (non-hydrogen) atoms. The lowest BCUT2D eigenvalue weighted by Crippen LogP contribution is -2.55. The van der Waals surface area contributed by atoms with E-state index < -0.39 is 11.4 Å². The molecule has 0 atom stereocenters. The van der Waals surface area contributed by atoms with Gasteiger partial charge < -0.3 is 15.2 Å². The van der Waals surface area contributed by atoms with Gasteiger partial charge in [-0.2, -0.15) is 0 Å². The summed E-state index contributed by atoms with van der Waals surface area (Å²) in [6.45, 7) is 10.9. The van der Waals surface area contributed by atoms with Crippen LogP contribution in [0.15, 0.2) is 0 Å². The molecule has 0 bridgehead atoms. The normalized spacial score (nSPS) is 17.8. The SMILES string of the molecule is CC(C)(CC(=O)NCC(C)(C)N1CCOCC1)C(=O)O. The van der Waals surface area contributed by atoms with E-state index in [2.05, 4.69) is 24.1 Å². The molecule has 1 aliphatic heterocycles. The van der Waals surface area contributed by atoms with Crippen LogP contribution in [0.4, 0.5) is 0 Å². The van der Waals surface area contributed by atoms with Gasteiger partial charge in [0.1, 0.15) is 0 Å². The van der Waals surface area contributed by atoms with E-state index in [1.807, 2.05) is 0 Å². The molecule has 1 heterocycles. The fourth-order valence-electron chi connectivity index (χ4n) is 2.13. The van der Waals surface area contributed by atoms with Crippen LogP contribution < -0.4 is 5.32 Å². The Hall–Kier alpha value is -1.14. The molecule has 0 aromatic rings. The standard InChI is InChI=1S/C14H26N2O4/c1-13(2,12(18)19)9-11(17)15-10-14(3,4)16-5-7-20-8-6-16/h5-10H2,1-4H3,(H,15,17)(H,18,19). The zero-order valence-corrected chi connectivity index (χ0v) is 12.9. The topological polar surface area (TPSA) is 78.9 Å². The molecule has 0 radical (unpaired) electrons. The van der Waals surface area contributed by atoms with Crippen LogP contribution in [0.25, 0.3) is 0 Å². The van der Waals surface area contributed by atoms with Crippen molar-refractivity contribution in [2.75, 3.05) is 32.8 Å². The molecule has 1 rings (SSSR count). The lowest BCUT2D eigenvalue weighted by Gasteiger charge is -2.41. The molecule has 0 aromatic heterocycles. The van der Waals surface area contributed by atoms with Crippen molar-refractivity contribution in [2.24, 2.45) is 5.41 Å². The van der Waals surface area contributed by atoms with Crippen molar-refractivity contribution >= 4 is 11.9 Å². The summed E-state index contributed by atoms with van der Waals surface area (Å²) >= 11 is 0. The second kappa shape index (κ2) is 6.54. The average molecular weight is 286 g/mol. The van der Waals surface area contributed by atoms with E-state index in [4.69, 9.17) is 9.84 Å². The van der Waals surface area contributed by atoms with E-state index in [1.54, 1.807) is 13.8 Å². The average Bonchev–Trinajstić information content (AvgIpc) is 2.37. The van der Waals surface area contributed by atoms with Crippen LogP contribution in [0.3, 0.4) is 0 Å². The number of aliphatic carboxylic acids is 1. The highest BCUT2D eigenvalue weighted by atomic mass is 16.5. The maximum Gasteiger partial charge on any atom is 0.309 e. The van der Waals surface area contributed by atoms with E-state index in [-0.39, 0.29) is 17.9 Å². The minimum absolute atomic E-state index is 0.0124. The summed E-state index contributed by atoms with van der Waals surface area (Å²) in [5.74, 6) is -1.18. The zero-order chi connectivity index (χ0) is 15.4. The number of nitrogens with one attached hydrogen (secondary N) is 1. The van der Waals surface area contributed by atoms with Gasteiger partial charge in [0, 0.05) is 31.6 Å². The van der Waals surface area contributed by atoms with Crippen LogP contribution in [0.2, 0.25) is 0 Å². The Morgan fingerprint density at radius 2 is 1.75 bits per heavy atom. The summed E-state index contributed by atoms with van der Waals surface area (Å²) in [6, 6.07) is 0. The first-order valence-electron chi connectivity index (χ1n) is 6.98. The van der Waals surface area contributed by atoms with Gasteiger partial charge in [-0.15, -0.1) is 0 Å². The first-order chi connectivity index (χ1) is 9.15. The first-order valence-corrected chi connectivity index (χ1v) is 6.98. The third-order valence-corrected chi connectivity index (χ3v) is 3.77. The van der Waals surface area contributed by atoms with Crippen molar-refractivity contribution < 1.29 is 19.4 Å². The zero-order valence-electron chi connectivity index (χ0n) is 12.9. The predicted octanol–water partition coefficient (Wildman–Crippen LogP) is 0.714. The number of ether oxygens (including phenoxy) is 1. The molecule has 0 unspecified atom stereocenters. The van der Waals surface area contributed by atoms with E-state index >= 15 is 0 Å². The number of carbonyl (C=O) groups excluding carboxylic acids is 1. The van der Waals surface area contributed by atoms with Gasteiger partial charge in [0.05, 0.1) is 18.6 Å². The lowest BCUT2D eigenvalue weighted by molar-refractivity contribution is -0.149. The van der Waals surface area contributed by atoms with E-state index in [0.29, 0.717) is 19.8 Å². The minimum Gasteiger partial charge on any atom is -0.481 e. The van der Waals surface area contributed by atoms with Crippen molar-refractivity contribution in [1.29, 1.82) is 0 Å². The second-order valence-corrected chi connectivity index (χ2v) is 6.55. The molecule has 116 valence electrons. The number of morpholine rings is 1. The van der Waals surface area contributed by atoms with Crippen LogP contribution in [0, 0.1) is 5.41 Å². The molecule has 2 N–H and O–H groups in total. The van der Waals surface area contributed by atoms with Crippen molar-refractivity contribution in [3.63, 3.8) is 0 Å². The third-order valence-electron chi connectivity index (χ3n) is 3.77. The Labute approximate surface area is 120 Å². The van der Waals surface area contributed by atoms with E-state index in [9.17, 15) is 9.59 Å². The van der Waals surface area contributed by atoms with Gasteiger partial charge in [-0.05, 0) is 27.7 Å². The molecular formula is C14H26N2O4. The highest BCUT2D eigenvalue weighted by Gasteiger charge is 2.32. The largest absolute Gasteiger partial charge is 0.481 e. The van der Waals surface area contributed by atoms with Gasteiger partial charge in [-0.25, -0.2) is 0 Å². The number of nitrogens with zero attached hydrogens (tertiary/aromatic N) is 1. The Balaban J connectivity index is 2.45. The summed E-state index contributed by atoms with van der Waals surface area (Å²) in [6.07, 6.45) is -0.0124. The summed E-state index contributed by atoms with van der Waals surface area (Å²) < 4.78 is 5.32. The maximum absolute atomic E-state index is 11.9. The Morgan fingerprint density at radius 3 is 2.25 bits per heavy atom. The molecule has 0 aromatic carbocycles. The molecule has 1 fully saturated rings. The molecule has 0 aliphatic carbocycles. The van der Waals surface area contributed by atoms with Crippen LogP contribution >= 0.6 is 0 Å². The smallest absolute Gasteiger partial charge is 0.309 e.